The average Bonchev–Trinajstić information content (AvgIpc) is 3.32. The molecule has 7 heteroatoms. The van der Waals surface area contributed by atoms with Crippen molar-refractivity contribution >= 4 is 28.4 Å². The highest BCUT2D eigenvalue weighted by atomic mass is 16.6. The molecule has 4 aromatic rings. The predicted octanol–water partition coefficient (Wildman–Crippen LogP) is 5.41. The number of hydrogen-bond acceptors (Lipinski definition) is 5. The first-order valence-electron chi connectivity index (χ1n) is 8.88. The molecule has 0 saturated heterocycles. The summed E-state index contributed by atoms with van der Waals surface area (Å²) in [6, 6.07) is 16.3. The smallest absolute Gasteiger partial charge is 0.273 e. The third-order valence-electron chi connectivity index (χ3n) is 4.62. The Bertz CT molecular complexity index is 1320. The van der Waals surface area contributed by atoms with Gasteiger partial charge in [0, 0.05) is 23.3 Å². The largest absolute Gasteiger partial charge is 0.457 e. The number of H-pyrrole nitrogens is 1. The van der Waals surface area contributed by atoms with Crippen molar-refractivity contribution in [2.75, 3.05) is 0 Å². The predicted molar refractivity (Wildman–Crippen MR) is 110 cm³/mol. The molecule has 2 aromatic carbocycles. The van der Waals surface area contributed by atoms with Crippen molar-refractivity contribution in [1.82, 2.24) is 9.97 Å². The molecule has 0 aliphatic heterocycles. The quantitative estimate of drug-likeness (QED) is 0.287. The standard InChI is InChI=1S/C22H16N4O3/c1-13-3-7-18-19(9-13)25-22(24-18)16(12-23)10-17-6-8-21(29-17)15-5-4-14(2)20(11-15)26(27)28/h3-11H,1-2H3,(H,24,25). The molecule has 29 heavy (non-hydrogen) atoms. The number of imidazole rings is 1. The Morgan fingerprint density at radius 2 is 2.03 bits per heavy atom. The van der Waals surface area contributed by atoms with E-state index >= 15 is 0 Å². The molecule has 0 fully saturated rings. The van der Waals surface area contributed by atoms with Crippen LogP contribution in [-0.4, -0.2) is 14.9 Å². The Balaban J connectivity index is 1.69. The van der Waals surface area contributed by atoms with Crippen LogP contribution in [0, 0.1) is 35.3 Å². The molecule has 142 valence electrons. The number of aryl methyl sites for hydroxylation is 2. The fourth-order valence-electron chi connectivity index (χ4n) is 3.09. The molecule has 2 heterocycles. The highest BCUT2D eigenvalue weighted by Gasteiger charge is 2.14. The minimum atomic E-state index is -0.417. The van der Waals surface area contributed by atoms with Crippen molar-refractivity contribution in [1.29, 1.82) is 5.26 Å². The Morgan fingerprint density at radius 1 is 1.21 bits per heavy atom. The van der Waals surface area contributed by atoms with Gasteiger partial charge in [-0.3, -0.25) is 10.1 Å². The minimum absolute atomic E-state index is 0.0336. The van der Waals surface area contributed by atoms with Crippen LogP contribution in [0.4, 0.5) is 5.69 Å². The summed E-state index contributed by atoms with van der Waals surface area (Å²) in [7, 11) is 0. The maximum atomic E-state index is 11.2. The van der Waals surface area contributed by atoms with Gasteiger partial charge < -0.3 is 9.40 Å². The van der Waals surface area contributed by atoms with Crippen molar-refractivity contribution < 1.29 is 9.34 Å². The van der Waals surface area contributed by atoms with E-state index in [1.165, 1.54) is 6.07 Å². The van der Waals surface area contributed by atoms with Gasteiger partial charge in [0.1, 0.15) is 23.4 Å². The second kappa shape index (κ2) is 7.09. The van der Waals surface area contributed by atoms with Crippen molar-refractivity contribution in [2.24, 2.45) is 0 Å². The fourth-order valence-corrected chi connectivity index (χ4v) is 3.09. The number of hydrogen-bond donors (Lipinski definition) is 1. The Morgan fingerprint density at radius 3 is 2.79 bits per heavy atom. The van der Waals surface area contributed by atoms with Gasteiger partial charge in [0.25, 0.3) is 5.69 Å². The van der Waals surface area contributed by atoms with Crippen molar-refractivity contribution in [3.05, 3.63) is 81.4 Å². The van der Waals surface area contributed by atoms with Gasteiger partial charge in [0.2, 0.25) is 0 Å². The van der Waals surface area contributed by atoms with E-state index in [4.69, 9.17) is 4.42 Å². The molecule has 4 rings (SSSR count). The molecule has 0 spiro atoms. The molecular formula is C22H16N4O3. The zero-order valence-electron chi connectivity index (χ0n) is 15.8. The van der Waals surface area contributed by atoms with Crippen LogP contribution in [0.5, 0.6) is 0 Å². The van der Waals surface area contributed by atoms with Crippen LogP contribution in [-0.2, 0) is 0 Å². The summed E-state index contributed by atoms with van der Waals surface area (Å²) in [5.41, 5.74) is 4.27. The lowest BCUT2D eigenvalue weighted by Crippen LogP contribution is -1.91. The number of nitro groups is 1. The van der Waals surface area contributed by atoms with E-state index in [2.05, 4.69) is 16.0 Å². The molecule has 2 aromatic heterocycles. The number of nitro benzene ring substituents is 1. The number of aromatic nitrogens is 2. The van der Waals surface area contributed by atoms with Gasteiger partial charge in [-0.2, -0.15) is 5.26 Å². The summed E-state index contributed by atoms with van der Waals surface area (Å²) in [4.78, 5) is 18.4. The molecule has 0 aliphatic rings. The Labute approximate surface area is 166 Å². The average molecular weight is 384 g/mol. The zero-order valence-corrected chi connectivity index (χ0v) is 15.8. The molecule has 0 saturated carbocycles. The van der Waals surface area contributed by atoms with E-state index in [9.17, 15) is 15.4 Å². The normalized spacial score (nSPS) is 11.6. The van der Waals surface area contributed by atoms with E-state index in [0.29, 0.717) is 34.0 Å². The molecular weight excluding hydrogens is 368 g/mol. The molecule has 0 aliphatic carbocycles. The number of rotatable bonds is 4. The molecule has 7 nitrogen and oxygen atoms in total. The van der Waals surface area contributed by atoms with E-state index < -0.39 is 4.92 Å². The Hall–Kier alpha value is -4.18. The van der Waals surface area contributed by atoms with Crippen molar-refractivity contribution in [2.45, 2.75) is 13.8 Å². The number of fused-ring (bicyclic) bond motifs is 1. The molecule has 0 amide bonds. The number of nitrogens with one attached hydrogen (secondary N) is 1. The minimum Gasteiger partial charge on any atom is -0.457 e. The number of nitriles is 1. The number of aromatic amines is 1. The lowest BCUT2D eigenvalue weighted by Gasteiger charge is -2.00. The van der Waals surface area contributed by atoms with Crippen LogP contribution in [0.3, 0.4) is 0 Å². The summed E-state index contributed by atoms with van der Waals surface area (Å²) in [6.07, 6.45) is 1.59. The first-order valence-corrected chi connectivity index (χ1v) is 8.88. The van der Waals surface area contributed by atoms with Gasteiger partial charge in [-0.05, 0) is 43.7 Å². The zero-order chi connectivity index (χ0) is 20.5. The first kappa shape index (κ1) is 18.2. The second-order valence-electron chi connectivity index (χ2n) is 6.74. The lowest BCUT2D eigenvalue weighted by atomic mass is 10.1. The van der Waals surface area contributed by atoms with Crippen LogP contribution in [0.1, 0.15) is 22.7 Å². The highest BCUT2D eigenvalue weighted by molar-refractivity contribution is 5.89. The first-order chi connectivity index (χ1) is 13.9. The van der Waals surface area contributed by atoms with Crippen LogP contribution >= 0.6 is 0 Å². The number of nitrogens with zero attached hydrogens (tertiary/aromatic N) is 3. The van der Waals surface area contributed by atoms with Crippen molar-refractivity contribution in [3.8, 4) is 17.4 Å². The van der Waals surface area contributed by atoms with Gasteiger partial charge in [-0.1, -0.05) is 18.2 Å². The molecule has 0 radical (unpaired) electrons. The third-order valence-corrected chi connectivity index (χ3v) is 4.62. The topological polar surface area (TPSA) is 109 Å². The molecule has 0 unspecified atom stereocenters. The lowest BCUT2D eigenvalue weighted by molar-refractivity contribution is -0.385. The van der Waals surface area contributed by atoms with Gasteiger partial charge >= 0.3 is 0 Å². The number of allylic oxidation sites excluding steroid dienone is 1. The Kier molecular flexibility index (Phi) is 4.45. The monoisotopic (exact) mass is 384 g/mol. The van der Waals surface area contributed by atoms with Crippen LogP contribution < -0.4 is 0 Å². The van der Waals surface area contributed by atoms with Gasteiger partial charge in [0.05, 0.1) is 21.5 Å². The summed E-state index contributed by atoms with van der Waals surface area (Å²) in [5, 5.41) is 20.7. The van der Waals surface area contributed by atoms with Gasteiger partial charge in [-0.15, -0.1) is 0 Å². The van der Waals surface area contributed by atoms with Gasteiger partial charge in [-0.25, -0.2) is 4.98 Å². The maximum Gasteiger partial charge on any atom is 0.273 e. The summed E-state index contributed by atoms with van der Waals surface area (Å²) < 4.78 is 5.80. The summed E-state index contributed by atoms with van der Waals surface area (Å²) >= 11 is 0. The van der Waals surface area contributed by atoms with Crippen LogP contribution in [0.25, 0.3) is 34.0 Å². The summed E-state index contributed by atoms with van der Waals surface area (Å²) in [5.74, 6) is 1.39. The summed E-state index contributed by atoms with van der Waals surface area (Å²) in [6.45, 7) is 3.67. The second-order valence-corrected chi connectivity index (χ2v) is 6.74. The third kappa shape index (κ3) is 3.51. The number of furan rings is 1. The molecule has 0 bridgehead atoms. The SMILES string of the molecule is Cc1ccc2nc(C(C#N)=Cc3ccc(-c4ccc(C)c([N+](=O)[O-])c4)o3)[nH]c2c1. The van der Waals surface area contributed by atoms with E-state index in [0.717, 1.165) is 16.6 Å². The van der Waals surface area contributed by atoms with Crippen LogP contribution in [0.15, 0.2) is 52.9 Å². The molecule has 1 N–H and O–H groups in total. The number of benzene rings is 2. The van der Waals surface area contributed by atoms with Gasteiger partial charge in [0.15, 0.2) is 0 Å². The van der Waals surface area contributed by atoms with Crippen LogP contribution in [0.2, 0.25) is 0 Å². The van der Waals surface area contributed by atoms with E-state index in [1.54, 1.807) is 37.3 Å². The maximum absolute atomic E-state index is 11.2. The molecule has 0 atom stereocenters. The van der Waals surface area contributed by atoms with E-state index in [-0.39, 0.29) is 5.69 Å². The van der Waals surface area contributed by atoms with Crippen molar-refractivity contribution in [3.63, 3.8) is 0 Å². The van der Waals surface area contributed by atoms with E-state index in [1.807, 2.05) is 25.1 Å². The highest BCUT2D eigenvalue weighted by Crippen LogP contribution is 2.29. The fraction of sp³-hybridized carbons (Fsp3) is 0.0909.